The molecule has 3 rings (SSSR count). The fraction of sp³-hybridized carbons (Fsp3) is 0.278. The number of aromatic nitrogens is 1. The van der Waals surface area contributed by atoms with Crippen molar-refractivity contribution in [2.24, 2.45) is 5.92 Å². The molecule has 0 bridgehead atoms. The van der Waals surface area contributed by atoms with Gasteiger partial charge in [-0.3, -0.25) is 14.6 Å². The summed E-state index contributed by atoms with van der Waals surface area (Å²) in [6.07, 6.45) is 3.14. The average molecular weight is 328 g/mol. The van der Waals surface area contributed by atoms with Crippen molar-refractivity contribution in [3.8, 4) is 11.3 Å². The van der Waals surface area contributed by atoms with Crippen molar-refractivity contribution in [2.45, 2.75) is 25.3 Å². The Morgan fingerprint density at radius 1 is 1.21 bits per heavy atom. The minimum absolute atomic E-state index is 0.124. The van der Waals surface area contributed by atoms with Gasteiger partial charge in [0.1, 0.15) is 5.82 Å². The zero-order valence-corrected chi connectivity index (χ0v) is 12.9. The number of carboxylic acid groups (broad SMARTS) is 1. The highest BCUT2D eigenvalue weighted by Crippen LogP contribution is 2.26. The molecule has 0 spiro atoms. The smallest absolute Gasteiger partial charge is 0.306 e. The van der Waals surface area contributed by atoms with Crippen molar-refractivity contribution in [2.75, 3.05) is 0 Å². The van der Waals surface area contributed by atoms with E-state index in [4.69, 9.17) is 5.11 Å². The van der Waals surface area contributed by atoms with E-state index in [0.29, 0.717) is 36.1 Å². The molecule has 1 aromatic heterocycles. The SMILES string of the molecule is O=C(NC1CCC(C(=O)O)C1)c1ccc(-c2cccc(F)c2)nc1. The van der Waals surface area contributed by atoms with Gasteiger partial charge in [-0.15, -0.1) is 0 Å². The summed E-state index contributed by atoms with van der Waals surface area (Å²) in [4.78, 5) is 27.4. The maximum atomic E-state index is 13.2. The summed E-state index contributed by atoms with van der Waals surface area (Å²) >= 11 is 0. The molecule has 2 atom stereocenters. The summed E-state index contributed by atoms with van der Waals surface area (Å²) in [5.74, 6) is -1.81. The van der Waals surface area contributed by atoms with Gasteiger partial charge in [-0.2, -0.15) is 0 Å². The van der Waals surface area contributed by atoms with Crippen LogP contribution in [-0.2, 0) is 4.79 Å². The van der Waals surface area contributed by atoms with E-state index >= 15 is 0 Å². The van der Waals surface area contributed by atoms with Crippen LogP contribution in [0.1, 0.15) is 29.6 Å². The van der Waals surface area contributed by atoms with Crippen molar-refractivity contribution in [3.63, 3.8) is 0 Å². The van der Waals surface area contributed by atoms with E-state index in [1.165, 1.54) is 18.3 Å². The second kappa shape index (κ2) is 6.78. The Morgan fingerprint density at radius 3 is 2.67 bits per heavy atom. The zero-order valence-electron chi connectivity index (χ0n) is 12.9. The van der Waals surface area contributed by atoms with Crippen LogP contribution in [0.15, 0.2) is 42.6 Å². The summed E-state index contributed by atoms with van der Waals surface area (Å²) in [7, 11) is 0. The van der Waals surface area contributed by atoms with Gasteiger partial charge in [0.15, 0.2) is 0 Å². The molecule has 0 saturated heterocycles. The number of amides is 1. The van der Waals surface area contributed by atoms with E-state index in [2.05, 4.69) is 10.3 Å². The molecule has 6 heteroatoms. The van der Waals surface area contributed by atoms with Gasteiger partial charge in [-0.1, -0.05) is 12.1 Å². The zero-order chi connectivity index (χ0) is 17.1. The molecule has 1 aromatic carbocycles. The maximum absolute atomic E-state index is 13.2. The lowest BCUT2D eigenvalue weighted by Gasteiger charge is -2.12. The molecule has 0 aliphatic heterocycles. The highest BCUT2D eigenvalue weighted by Gasteiger charge is 2.30. The average Bonchev–Trinajstić information content (AvgIpc) is 3.04. The van der Waals surface area contributed by atoms with Gasteiger partial charge in [-0.05, 0) is 43.5 Å². The predicted molar refractivity (Wildman–Crippen MR) is 85.9 cm³/mol. The number of nitrogens with one attached hydrogen (secondary N) is 1. The molecule has 1 fully saturated rings. The summed E-state index contributed by atoms with van der Waals surface area (Å²) in [5, 5.41) is 11.8. The lowest BCUT2D eigenvalue weighted by Crippen LogP contribution is -2.33. The fourth-order valence-corrected chi connectivity index (χ4v) is 2.95. The normalized spacial score (nSPS) is 19.9. The number of nitrogens with zero attached hydrogens (tertiary/aromatic N) is 1. The van der Waals surface area contributed by atoms with E-state index < -0.39 is 5.97 Å². The number of halogens is 1. The van der Waals surface area contributed by atoms with Crippen LogP contribution in [0.5, 0.6) is 0 Å². The molecule has 1 aliphatic rings. The molecule has 2 N–H and O–H groups in total. The Hall–Kier alpha value is -2.76. The van der Waals surface area contributed by atoms with Gasteiger partial charge in [0.25, 0.3) is 5.91 Å². The van der Waals surface area contributed by atoms with Gasteiger partial charge in [-0.25, -0.2) is 4.39 Å². The first-order chi connectivity index (χ1) is 11.5. The van der Waals surface area contributed by atoms with Gasteiger partial charge < -0.3 is 10.4 Å². The standard InChI is InChI=1S/C18H17FN2O3/c19-14-3-1-2-11(8-14)16-7-5-13(10-20-16)17(22)21-15-6-4-12(9-15)18(23)24/h1-3,5,7-8,10,12,15H,4,6,9H2,(H,21,22)(H,23,24). The topological polar surface area (TPSA) is 79.3 Å². The van der Waals surface area contributed by atoms with Crippen LogP contribution >= 0.6 is 0 Å². The third-order valence-electron chi connectivity index (χ3n) is 4.26. The Bertz CT molecular complexity index is 761. The van der Waals surface area contributed by atoms with Crippen molar-refractivity contribution in [1.29, 1.82) is 0 Å². The molecule has 124 valence electrons. The predicted octanol–water partition coefficient (Wildman–Crippen LogP) is 2.87. The van der Waals surface area contributed by atoms with Gasteiger partial charge >= 0.3 is 5.97 Å². The molecular formula is C18H17FN2O3. The fourth-order valence-electron chi connectivity index (χ4n) is 2.95. The minimum atomic E-state index is -0.812. The Morgan fingerprint density at radius 2 is 2.04 bits per heavy atom. The Balaban J connectivity index is 1.65. The van der Waals surface area contributed by atoms with Gasteiger partial charge in [0.2, 0.25) is 0 Å². The summed E-state index contributed by atoms with van der Waals surface area (Å²) < 4.78 is 13.2. The van der Waals surface area contributed by atoms with Crippen molar-refractivity contribution < 1.29 is 19.1 Å². The van der Waals surface area contributed by atoms with Crippen molar-refractivity contribution in [1.82, 2.24) is 10.3 Å². The van der Waals surface area contributed by atoms with Gasteiger partial charge in [0, 0.05) is 17.8 Å². The lowest BCUT2D eigenvalue weighted by molar-refractivity contribution is -0.141. The van der Waals surface area contributed by atoms with Crippen molar-refractivity contribution >= 4 is 11.9 Å². The van der Waals surface area contributed by atoms with E-state index in [1.807, 2.05) is 0 Å². The Labute approximate surface area is 138 Å². The quantitative estimate of drug-likeness (QED) is 0.904. The summed E-state index contributed by atoms with van der Waals surface area (Å²) in [5.41, 5.74) is 1.62. The van der Waals surface area contributed by atoms with E-state index in [1.54, 1.807) is 24.3 Å². The number of benzene rings is 1. The third-order valence-corrected chi connectivity index (χ3v) is 4.26. The first-order valence-corrected chi connectivity index (χ1v) is 7.78. The molecule has 2 unspecified atom stereocenters. The first-order valence-electron chi connectivity index (χ1n) is 7.78. The first kappa shape index (κ1) is 16.1. The molecule has 24 heavy (non-hydrogen) atoms. The number of carboxylic acids is 1. The minimum Gasteiger partial charge on any atom is -0.481 e. The highest BCUT2D eigenvalue weighted by molar-refractivity contribution is 5.94. The number of hydrogen-bond acceptors (Lipinski definition) is 3. The molecule has 5 nitrogen and oxygen atoms in total. The second-order valence-electron chi connectivity index (χ2n) is 5.96. The second-order valence-corrected chi connectivity index (χ2v) is 5.96. The van der Waals surface area contributed by atoms with E-state index in [-0.39, 0.29) is 23.7 Å². The number of carbonyl (C=O) groups excluding carboxylic acids is 1. The molecule has 1 heterocycles. The maximum Gasteiger partial charge on any atom is 0.306 e. The van der Waals surface area contributed by atoms with Crippen LogP contribution < -0.4 is 5.32 Å². The molecular weight excluding hydrogens is 311 g/mol. The van der Waals surface area contributed by atoms with E-state index in [0.717, 1.165) is 0 Å². The van der Waals surface area contributed by atoms with Crippen molar-refractivity contribution in [3.05, 3.63) is 54.0 Å². The number of carbonyl (C=O) groups is 2. The number of hydrogen-bond donors (Lipinski definition) is 2. The van der Waals surface area contributed by atoms with Crippen LogP contribution in [0.4, 0.5) is 4.39 Å². The number of aliphatic carboxylic acids is 1. The lowest BCUT2D eigenvalue weighted by atomic mass is 10.1. The monoisotopic (exact) mass is 328 g/mol. The Kier molecular flexibility index (Phi) is 4.55. The molecule has 0 radical (unpaired) electrons. The van der Waals surface area contributed by atoms with Crippen LogP contribution in [0.25, 0.3) is 11.3 Å². The summed E-state index contributed by atoms with van der Waals surface area (Å²) in [6, 6.07) is 9.26. The van der Waals surface area contributed by atoms with Crippen LogP contribution in [0.3, 0.4) is 0 Å². The largest absolute Gasteiger partial charge is 0.481 e. The molecule has 2 aromatic rings. The van der Waals surface area contributed by atoms with Crippen LogP contribution in [0.2, 0.25) is 0 Å². The van der Waals surface area contributed by atoms with Gasteiger partial charge in [0.05, 0.1) is 17.2 Å². The van der Waals surface area contributed by atoms with Crippen LogP contribution in [0, 0.1) is 11.7 Å². The third kappa shape index (κ3) is 3.59. The van der Waals surface area contributed by atoms with E-state index in [9.17, 15) is 14.0 Å². The molecule has 1 aliphatic carbocycles. The number of pyridine rings is 1. The molecule has 1 saturated carbocycles. The molecule has 1 amide bonds. The number of rotatable bonds is 4. The van der Waals surface area contributed by atoms with Crippen LogP contribution in [-0.4, -0.2) is 28.0 Å². The highest BCUT2D eigenvalue weighted by atomic mass is 19.1. The summed E-state index contributed by atoms with van der Waals surface area (Å²) in [6.45, 7) is 0.